The van der Waals surface area contributed by atoms with Crippen LogP contribution in [0.4, 0.5) is 5.69 Å². The Hall–Kier alpha value is -2.06. The molecule has 7 nitrogen and oxygen atoms in total. The van der Waals surface area contributed by atoms with Crippen LogP contribution in [0.2, 0.25) is 0 Å². The van der Waals surface area contributed by atoms with E-state index in [0.717, 1.165) is 5.56 Å². The molecule has 1 aromatic heterocycles. The highest BCUT2D eigenvalue weighted by Gasteiger charge is 2.17. The van der Waals surface area contributed by atoms with Gasteiger partial charge in [0.1, 0.15) is 5.75 Å². The van der Waals surface area contributed by atoms with Crippen LogP contribution in [0.1, 0.15) is 12.5 Å². The number of nitrogen functional groups attached to an aromatic ring is 1. The number of rotatable bonds is 6. The Balaban J connectivity index is 2.09. The van der Waals surface area contributed by atoms with Crippen LogP contribution in [0.15, 0.2) is 35.7 Å². The lowest BCUT2D eigenvalue weighted by atomic mass is 10.2. The molecule has 21 heavy (non-hydrogen) atoms. The minimum absolute atomic E-state index is 0.00540. The summed E-state index contributed by atoms with van der Waals surface area (Å²) < 4.78 is 33.4. The van der Waals surface area contributed by atoms with E-state index in [9.17, 15) is 8.42 Å². The molecule has 2 aromatic rings. The molecule has 0 aliphatic heterocycles. The summed E-state index contributed by atoms with van der Waals surface area (Å²) in [5.41, 5.74) is 6.99. The number of ether oxygens (including phenoxy) is 1. The van der Waals surface area contributed by atoms with E-state index in [0.29, 0.717) is 18.0 Å². The van der Waals surface area contributed by atoms with Gasteiger partial charge in [-0.05, 0) is 24.6 Å². The first-order chi connectivity index (χ1) is 9.96. The fourth-order valence-corrected chi connectivity index (χ4v) is 2.76. The quantitative estimate of drug-likeness (QED) is 0.775. The molecule has 1 aromatic carbocycles. The van der Waals surface area contributed by atoms with Gasteiger partial charge in [-0.25, -0.2) is 18.1 Å². The molecule has 0 saturated heterocycles. The van der Waals surface area contributed by atoms with Gasteiger partial charge in [0.25, 0.3) is 10.0 Å². The third-order valence-corrected chi connectivity index (χ3v) is 4.30. The van der Waals surface area contributed by atoms with Gasteiger partial charge in [0, 0.05) is 19.3 Å². The van der Waals surface area contributed by atoms with E-state index in [4.69, 9.17) is 10.5 Å². The number of aryl methyl sites for hydroxylation is 1. The molecule has 0 bridgehead atoms. The zero-order chi connectivity index (χ0) is 15.5. The maximum absolute atomic E-state index is 12.1. The lowest BCUT2D eigenvalue weighted by Crippen LogP contribution is -2.23. The first-order valence-corrected chi connectivity index (χ1v) is 7.88. The topological polar surface area (TPSA) is 99.2 Å². The number of anilines is 1. The highest BCUT2D eigenvalue weighted by atomic mass is 32.2. The number of nitrogens with zero attached hydrogens (tertiary/aromatic N) is 2. The van der Waals surface area contributed by atoms with Gasteiger partial charge in [-0.3, -0.25) is 0 Å². The molecule has 3 N–H and O–H groups in total. The van der Waals surface area contributed by atoms with Crippen LogP contribution in [0, 0.1) is 0 Å². The molecule has 8 heteroatoms. The van der Waals surface area contributed by atoms with E-state index in [1.807, 2.05) is 6.92 Å². The number of nitrogens with two attached hydrogens (primary N) is 1. The Morgan fingerprint density at radius 1 is 1.43 bits per heavy atom. The summed E-state index contributed by atoms with van der Waals surface area (Å²) in [4.78, 5) is 3.88. The van der Waals surface area contributed by atoms with E-state index < -0.39 is 10.0 Å². The number of methoxy groups -OCH3 is 1. The van der Waals surface area contributed by atoms with E-state index >= 15 is 0 Å². The first-order valence-electron chi connectivity index (χ1n) is 6.40. The van der Waals surface area contributed by atoms with Gasteiger partial charge < -0.3 is 15.0 Å². The van der Waals surface area contributed by atoms with Crippen LogP contribution < -0.4 is 15.2 Å². The number of hydrogen-bond donors (Lipinski definition) is 2. The molecule has 0 saturated carbocycles. The summed E-state index contributed by atoms with van der Waals surface area (Å²) in [5.74, 6) is 0.559. The summed E-state index contributed by atoms with van der Waals surface area (Å²) >= 11 is 0. The van der Waals surface area contributed by atoms with Crippen molar-refractivity contribution in [2.24, 2.45) is 0 Å². The number of aromatic nitrogens is 2. The monoisotopic (exact) mass is 310 g/mol. The van der Waals surface area contributed by atoms with E-state index in [2.05, 4.69) is 9.71 Å². The van der Waals surface area contributed by atoms with E-state index in [1.165, 1.54) is 19.6 Å². The van der Waals surface area contributed by atoms with E-state index in [-0.39, 0.29) is 11.6 Å². The number of benzene rings is 1. The molecule has 0 aliphatic rings. The molecular formula is C13H18N4O3S. The minimum atomic E-state index is -3.63. The van der Waals surface area contributed by atoms with Crippen LogP contribution in [0.3, 0.4) is 0 Å². The van der Waals surface area contributed by atoms with Gasteiger partial charge in [0.05, 0.1) is 19.1 Å². The molecular weight excluding hydrogens is 292 g/mol. The smallest absolute Gasteiger partial charge is 0.259 e. The summed E-state index contributed by atoms with van der Waals surface area (Å²) in [7, 11) is -2.10. The normalized spacial score (nSPS) is 11.5. The van der Waals surface area contributed by atoms with Crippen LogP contribution in [-0.2, 0) is 23.1 Å². The molecule has 0 spiro atoms. The van der Waals surface area contributed by atoms with Crippen molar-refractivity contribution in [3.8, 4) is 5.75 Å². The largest absolute Gasteiger partial charge is 0.495 e. The fourth-order valence-electron chi connectivity index (χ4n) is 1.80. The van der Waals surface area contributed by atoms with Gasteiger partial charge in [0.15, 0.2) is 5.03 Å². The number of sulfonamides is 1. The van der Waals surface area contributed by atoms with Crippen molar-refractivity contribution in [2.45, 2.75) is 25.0 Å². The second-order valence-corrected chi connectivity index (χ2v) is 6.16. The maximum Gasteiger partial charge on any atom is 0.259 e. The molecule has 0 fully saturated rings. The third kappa shape index (κ3) is 3.53. The van der Waals surface area contributed by atoms with E-state index in [1.54, 1.807) is 22.8 Å². The summed E-state index contributed by atoms with van der Waals surface area (Å²) in [6, 6.07) is 5.12. The number of imidazole rings is 1. The molecule has 114 valence electrons. The van der Waals surface area contributed by atoms with Crippen molar-refractivity contribution < 1.29 is 13.2 Å². The van der Waals surface area contributed by atoms with Gasteiger partial charge in [0.2, 0.25) is 0 Å². The maximum atomic E-state index is 12.1. The summed E-state index contributed by atoms with van der Waals surface area (Å²) in [6.07, 6.45) is 2.98. The highest BCUT2D eigenvalue weighted by molar-refractivity contribution is 7.89. The molecule has 0 aliphatic carbocycles. The molecule has 0 atom stereocenters. The Morgan fingerprint density at radius 2 is 2.19 bits per heavy atom. The Bertz CT molecular complexity index is 725. The summed E-state index contributed by atoms with van der Waals surface area (Å²) in [6.45, 7) is 2.71. The van der Waals surface area contributed by atoms with Crippen LogP contribution >= 0.6 is 0 Å². The predicted molar refractivity (Wildman–Crippen MR) is 79.3 cm³/mol. The van der Waals surface area contributed by atoms with Crippen molar-refractivity contribution in [1.29, 1.82) is 0 Å². The third-order valence-electron chi connectivity index (χ3n) is 3.01. The Morgan fingerprint density at radius 3 is 2.76 bits per heavy atom. The highest BCUT2D eigenvalue weighted by Crippen LogP contribution is 2.22. The molecule has 0 radical (unpaired) electrons. The van der Waals surface area contributed by atoms with Gasteiger partial charge in [-0.1, -0.05) is 6.07 Å². The van der Waals surface area contributed by atoms with Gasteiger partial charge in [-0.2, -0.15) is 0 Å². The van der Waals surface area contributed by atoms with Crippen LogP contribution in [0.5, 0.6) is 5.75 Å². The zero-order valence-electron chi connectivity index (χ0n) is 11.9. The Kier molecular flexibility index (Phi) is 4.49. The van der Waals surface area contributed by atoms with Crippen molar-refractivity contribution in [3.63, 3.8) is 0 Å². The van der Waals surface area contributed by atoms with Crippen molar-refractivity contribution in [2.75, 3.05) is 12.8 Å². The van der Waals surface area contributed by atoms with Crippen LogP contribution in [0.25, 0.3) is 0 Å². The lowest BCUT2D eigenvalue weighted by Gasteiger charge is -2.08. The standard InChI is InChI=1S/C13H18N4O3S/c1-3-17-8-13(15-9-17)21(18,19)16-7-10-4-5-12(20-2)11(14)6-10/h4-6,8-9,16H,3,7,14H2,1-2H3. The van der Waals surface area contributed by atoms with Gasteiger partial charge >= 0.3 is 0 Å². The first kappa shape index (κ1) is 15.3. The minimum Gasteiger partial charge on any atom is -0.495 e. The number of hydrogen-bond acceptors (Lipinski definition) is 5. The molecule has 2 rings (SSSR count). The molecule has 0 unspecified atom stereocenters. The SMILES string of the molecule is CCn1cnc(S(=O)(=O)NCc2ccc(OC)c(N)c2)c1. The average molecular weight is 310 g/mol. The summed E-state index contributed by atoms with van der Waals surface area (Å²) in [5, 5.41) is 0.00540. The predicted octanol–water partition coefficient (Wildman–Crippen LogP) is 0.972. The Labute approximate surface area is 123 Å². The average Bonchev–Trinajstić information content (AvgIpc) is 2.95. The van der Waals surface area contributed by atoms with Crippen molar-refractivity contribution in [1.82, 2.24) is 14.3 Å². The van der Waals surface area contributed by atoms with Crippen molar-refractivity contribution >= 4 is 15.7 Å². The second kappa shape index (κ2) is 6.15. The number of nitrogens with one attached hydrogen (secondary N) is 1. The zero-order valence-corrected chi connectivity index (χ0v) is 12.7. The van der Waals surface area contributed by atoms with Gasteiger partial charge in [-0.15, -0.1) is 0 Å². The molecule has 0 amide bonds. The molecule has 1 heterocycles. The lowest BCUT2D eigenvalue weighted by molar-refractivity contribution is 0.417. The van der Waals surface area contributed by atoms with Crippen molar-refractivity contribution in [3.05, 3.63) is 36.3 Å². The van der Waals surface area contributed by atoms with Crippen LogP contribution in [-0.4, -0.2) is 25.1 Å². The fraction of sp³-hybridized carbons (Fsp3) is 0.308. The second-order valence-electron chi connectivity index (χ2n) is 4.44.